The lowest BCUT2D eigenvalue weighted by Crippen LogP contribution is -2.38. The molecular formula is C11H15BrClFN2O2S. The van der Waals surface area contributed by atoms with Crippen molar-refractivity contribution in [1.82, 2.24) is 9.62 Å². The highest BCUT2D eigenvalue weighted by Crippen LogP contribution is 2.27. The summed E-state index contributed by atoms with van der Waals surface area (Å²) in [7, 11) is -2.03. The van der Waals surface area contributed by atoms with E-state index in [4.69, 9.17) is 0 Å². The van der Waals surface area contributed by atoms with Crippen molar-refractivity contribution in [2.24, 2.45) is 0 Å². The van der Waals surface area contributed by atoms with Crippen LogP contribution in [-0.2, 0) is 10.0 Å². The van der Waals surface area contributed by atoms with Crippen molar-refractivity contribution in [3.63, 3.8) is 0 Å². The van der Waals surface area contributed by atoms with Gasteiger partial charge in [0.05, 0.1) is 4.90 Å². The Morgan fingerprint density at radius 3 is 2.68 bits per heavy atom. The topological polar surface area (TPSA) is 49.4 Å². The average Bonchev–Trinajstić information content (AvgIpc) is 2.80. The molecule has 1 unspecified atom stereocenters. The van der Waals surface area contributed by atoms with Gasteiger partial charge in [0.25, 0.3) is 0 Å². The highest BCUT2D eigenvalue weighted by atomic mass is 79.9. The third kappa shape index (κ3) is 3.46. The molecule has 108 valence electrons. The number of halogens is 3. The third-order valence-electron chi connectivity index (χ3n) is 3.10. The molecule has 8 heteroatoms. The molecule has 1 atom stereocenters. The predicted molar refractivity (Wildman–Crippen MR) is 77.6 cm³/mol. The molecule has 4 nitrogen and oxygen atoms in total. The van der Waals surface area contributed by atoms with Crippen molar-refractivity contribution in [2.75, 3.05) is 20.1 Å². The summed E-state index contributed by atoms with van der Waals surface area (Å²) in [6, 6.07) is 3.55. The Hall–Kier alpha value is -0.210. The van der Waals surface area contributed by atoms with Crippen molar-refractivity contribution < 1.29 is 12.8 Å². The maximum absolute atomic E-state index is 13.0. The first-order valence-corrected chi connectivity index (χ1v) is 7.80. The molecule has 0 amide bonds. The van der Waals surface area contributed by atoms with Gasteiger partial charge in [0.2, 0.25) is 10.0 Å². The smallest absolute Gasteiger partial charge is 0.244 e. The van der Waals surface area contributed by atoms with Crippen LogP contribution in [0.5, 0.6) is 0 Å². The molecule has 0 aromatic heterocycles. The zero-order valence-corrected chi connectivity index (χ0v) is 13.5. The van der Waals surface area contributed by atoms with Gasteiger partial charge in [-0.2, -0.15) is 4.31 Å². The average molecular weight is 374 g/mol. The number of nitrogens with zero attached hydrogens (tertiary/aromatic N) is 1. The van der Waals surface area contributed by atoms with E-state index in [1.54, 1.807) is 7.05 Å². The summed E-state index contributed by atoms with van der Waals surface area (Å²) in [4.78, 5) is 0.0956. The van der Waals surface area contributed by atoms with E-state index < -0.39 is 15.8 Å². The van der Waals surface area contributed by atoms with Crippen LogP contribution in [0.2, 0.25) is 0 Å². The summed E-state index contributed by atoms with van der Waals surface area (Å²) in [6.45, 7) is 1.46. The van der Waals surface area contributed by atoms with Crippen LogP contribution in [0.25, 0.3) is 0 Å². The monoisotopic (exact) mass is 372 g/mol. The lowest BCUT2D eigenvalue weighted by Gasteiger charge is -2.23. The SMILES string of the molecule is CN(C1CCNC1)S(=O)(=O)c1ccc(F)cc1Br.Cl. The molecule has 1 aromatic carbocycles. The Bertz CT molecular complexity index is 550. The number of hydrogen-bond acceptors (Lipinski definition) is 3. The lowest BCUT2D eigenvalue weighted by molar-refractivity contribution is 0.387. The Morgan fingerprint density at radius 2 is 2.16 bits per heavy atom. The van der Waals surface area contributed by atoms with E-state index in [0.717, 1.165) is 25.1 Å². The molecule has 0 aliphatic carbocycles. The second-order valence-electron chi connectivity index (χ2n) is 4.24. The standard InChI is InChI=1S/C11H14BrFN2O2S.ClH/c1-15(9-4-5-14-7-9)18(16,17)11-3-2-8(13)6-10(11)12;/h2-3,6,9,14H,4-5,7H2,1H3;1H. The number of hydrogen-bond donors (Lipinski definition) is 1. The van der Waals surface area contributed by atoms with E-state index >= 15 is 0 Å². The Morgan fingerprint density at radius 1 is 1.47 bits per heavy atom. The number of sulfonamides is 1. The zero-order chi connectivity index (χ0) is 13.3. The molecule has 0 spiro atoms. The molecule has 2 rings (SSSR count). The van der Waals surface area contributed by atoms with Crippen LogP contribution >= 0.6 is 28.3 Å². The van der Waals surface area contributed by atoms with Crippen LogP contribution in [0, 0.1) is 5.82 Å². The van der Waals surface area contributed by atoms with Gasteiger partial charge in [-0.25, -0.2) is 12.8 Å². The van der Waals surface area contributed by atoms with Gasteiger partial charge in [0.15, 0.2) is 0 Å². The number of nitrogens with one attached hydrogen (secondary N) is 1. The van der Waals surface area contributed by atoms with E-state index in [1.165, 1.54) is 10.4 Å². The molecule has 0 radical (unpaired) electrons. The summed E-state index contributed by atoms with van der Waals surface area (Å²) < 4.78 is 39.4. The normalized spacial score (nSPS) is 19.5. The highest BCUT2D eigenvalue weighted by Gasteiger charge is 2.31. The van der Waals surface area contributed by atoms with E-state index in [9.17, 15) is 12.8 Å². The maximum Gasteiger partial charge on any atom is 0.244 e. The maximum atomic E-state index is 13.0. The zero-order valence-electron chi connectivity index (χ0n) is 10.3. The summed E-state index contributed by atoms with van der Waals surface area (Å²) in [5, 5.41) is 3.12. The minimum atomic E-state index is -3.59. The van der Waals surface area contributed by atoms with Crippen molar-refractivity contribution in [2.45, 2.75) is 17.4 Å². The summed E-state index contributed by atoms with van der Waals surface area (Å²) in [5.74, 6) is -0.467. The fourth-order valence-electron chi connectivity index (χ4n) is 1.99. The molecule has 1 fully saturated rings. The van der Waals surface area contributed by atoms with Crippen molar-refractivity contribution >= 4 is 38.4 Å². The van der Waals surface area contributed by atoms with Crippen molar-refractivity contribution in [3.8, 4) is 0 Å². The van der Waals surface area contributed by atoms with E-state index in [2.05, 4.69) is 21.2 Å². The quantitative estimate of drug-likeness (QED) is 0.881. The van der Waals surface area contributed by atoms with Gasteiger partial charge in [0, 0.05) is 24.1 Å². The molecule has 1 aromatic rings. The van der Waals surface area contributed by atoms with Gasteiger partial charge in [-0.15, -0.1) is 12.4 Å². The first kappa shape index (κ1) is 16.8. The largest absolute Gasteiger partial charge is 0.315 e. The Kier molecular flexibility index (Phi) is 5.76. The van der Waals surface area contributed by atoms with E-state index in [0.29, 0.717) is 6.54 Å². The molecule has 1 saturated heterocycles. The summed E-state index contributed by atoms with van der Waals surface area (Å²) in [6.07, 6.45) is 0.786. The van der Waals surface area contributed by atoms with Crippen LogP contribution in [0.1, 0.15) is 6.42 Å². The number of rotatable bonds is 3. The van der Waals surface area contributed by atoms with Crippen molar-refractivity contribution in [3.05, 3.63) is 28.5 Å². The molecule has 19 heavy (non-hydrogen) atoms. The Balaban J connectivity index is 0.00000180. The van der Waals surface area contributed by atoms with Crippen molar-refractivity contribution in [1.29, 1.82) is 0 Å². The van der Waals surface area contributed by atoms with Crippen LogP contribution in [0.15, 0.2) is 27.6 Å². The third-order valence-corrected chi connectivity index (χ3v) is 5.99. The molecule has 1 heterocycles. The fourth-order valence-corrected chi connectivity index (χ4v) is 4.38. The van der Waals surface area contributed by atoms with E-state index in [-0.39, 0.29) is 27.8 Å². The molecule has 0 bridgehead atoms. The van der Waals surface area contributed by atoms with Crippen LogP contribution in [-0.4, -0.2) is 38.9 Å². The van der Waals surface area contributed by atoms with Crippen LogP contribution < -0.4 is 5.32 Å². The predicted octanol–water partition coefficient (Wildman–Crippen LogP) is 1.99. The van der Waals surface area contributed by atoms with Crippen LogP contribution in [0.3, 0.4) is 0 Å². The number of likely N-dealkylation sites (N-methyl/N-ethyl adjacent to an activating group) is 1. The molecule has 1 N–H and O–H groups in total. The molecular weight excluding hydrogens is 359 g/mol. The second-order valence-corrected chi connectivity index (χ2v) is 7.06. The molecule has 1 aliphatic heterocycles. The molecule has 0 saturated carbocycles. The van der Waals surface area contributed by atoms with Gasteiger partial charge < -0.3 is 5.32 Å². The van der Waals surface area contributed by atoms with Gasteiger partial charge >= 0.3 is 0 Å². The van der Waals surface area contributed by atoms with Gasteiger partial charge in [0.1, 0.15) is 5.82 Å². The first-order valence-electron chi connectivity index (χ1n) is 5.57. The van der Waals surface area contributed by atoms with Gasteiger partial charge in [-0.3, -0.25) is 0 Å². The number of benzene rings is 1. The van der Waals surface area contributed by atoms with Gasteiger partial charge in [-0.1, -0.05) is 0 Å². The minimum Gasteiger partial charge on any atom is -0.315 e. The fraction of sp³-hybridized carbons (Fsp3) is 0.455. The van der Waals surface area contributed by atoms with E-state index in [1.807, 2.05) is 0 Å². The second kappa shape index (κ2) is 6.49. The summed E-state index contributed by atoms with van der Waals surface area (Å²) >= 11 is 3.10. The summed E-state index contributed by atoms with van der Waals surface area (Å²) in [5.41, 5.74) is 0. The van der Waals surface area contributed by atoms with Crippen LogP contribution in [0.4, 0.5) is 4.39 Å². The minimum absolute atomic E-state index is 0. The molecule has 1 aliphatic rings. The Labute approximate surface area is 127 Å². The van der Waals surface area contributed by atoms with Gasteiger partial charge in [-0.05, 0) is 47.1 Å². The first-order chi connectivity index (χ1) is 8.43. The highest BCUT2D eigenvalue weighted by molar-refractivity contribution is 9.10. The lowest BCUT2D eigenvalue weighted by atomic mass is 10.3.